The molecule has 0 saturated carbocycles. The Morgan fingerprint density at radius 2 is 1.13 bits per heavy atom. The van der Waals surface area contributed by atoms with Crippen LogP contribution in [0.2, 0.25) is 0 Å². The fourth-order valence-electron chi connectivity index (χ4n) is 5.79. The van der Waals surface area contributed by atoms with E-state index in [2.05, 4.69) is 20.4 Å². The van der Waals surface area contributed by atoms with Crippen molar-refractivity contribution in [2.24, 2.45) is 0 Å². The van der Waals surface area contributed by atoms with Crippen molar-refractivity contribution < 1.29 is 29.2 Å². The van der Waals surface area contributed by atoms with Crippen LogP contribution in [0, 0.1) is 20.8 Å². The molecule has 0 bridgehead atoms. The summed E-state index contributed by atoms with van der Waals surface area (Å²) in [5, 5.41) is 35.0. The molecule has 0 spiro atoms. The molecule has 0 aliphatic carbocycles. The van der Waals surface area contributed by atoms with Gasteiger partial charge in [0.2, 0.25) is 0 Å². The van der Waals surface area contributed by atoms with Crippen LogP contribution in [0.15, 0.2) is 79.0 Å². The van der Waals surface area contributed by atoms with Crippen molar-refractivity contribution in [3.63, 3.8) is 0 Å². The van der Waals surface area contributed by atoms with Gasteiger partial charge in [0.25, 0.3) is 0 Å². The molecule has 10 nitrogen and oxygen atoms in total. The second-order valence-corrected chi connectivity index (χ2v) is 11.5. The zero-order valence-corrected chi connectivity index (χ0v) is 26.3. The lowest BCUT2D eigenvalue weighted by Gasteiger charge is -2.19. The predicted molar refractivity (Wildman–Crippen MR) is 178 cm³/mol. The number of phenols is 2. The van der Waals surface area contributed by atoms with E-state index in [-0.39, 0.29) is 11.5 Å². The second-order valence-electron chi connectivity index (χ2n) is 11.5. The SMILES string of the molecule is Cc1ccc(O)c(-c2[nH]ncc2-c2ccc3c(c2)OCCO3)c1.Cc1ccc(O)c(-c2n[nH]c(C)c2-c2ccc3c(c2)OCCO3)c1. The Labute approximate surface area is 271 Å². The van der Waals surface area contributed by atoms with Gasteiger partial charge in [0.15, 0.2) is 23.0 Å². The summed E-state index contributed by atoms with van der Waals surface area (Å²) in [6, 6.07) is 22.7. The van der Waals surface area contributed by atoms with E-state index < -0.39 is 0 Å². The molecule has 6 aromatic rings. The normalized spacial score (nSPS) is 13.1. The molecule has 0 amide bonds. The van der Waals surface area contributed by atoms with Gasteiger partial charge in [-0.05, 0) is 80.4 Å². The summed E-state index contributed by atoms with van der Waals surface area (Å²) >= 11 is 0. The van der Waals surface area contributed by atoms with Gasteiger partial charge in [-0.1, -0.05) is 35.4 Å². The van der Waals surface area contributed by atoms with Crippen molar-refractivity contribution >= 4 is 0 Å². The zero-order valence-electron chi connectivity index (χ0n) is 26.3. The average molecular weight is 631 g/mol. The lowest BCUT2D eigenvalue weighted by atomic mass is 9.97. The Hall–Kier alpha value is -5.90. The number of rotatable bonds is 4. The van der Waals surface area contributed by atoms with Gasteiger partial charge in [-0.3, -0.25) is 10.2 Å². The van der Waals surface area contributed by atoms with Gasteiger partial charge in [-0.25, -0.2) is 0 Å². The maximum absolute atomic E-state index is 10.3. The highest BCUT2D eigenvalue weighted by Gasteiger charge is 2.21. The number of aromatic amines is 2. The van der Waals surface area contributed by atoms with Gasteiger partial charge in [-0.15, -0.1) is 0 Å². The molecule has 4 heterocycles. The van der Waals surface area contributed by atoms with Crippen molar-refractivity contribution in [3.05, 3.63) is 95.8 Å². The highest BCUT2D eigenvalue weighted by atomic mass is 16.6. The Kier molecular flexibility index (Phi) is 7.91. The first-order chi connectivity index (χ1) is 22.9. The van der Waals surface area contributed by atoms with Crippen LogP contribution in [0.4, 0.5) is 0 Å². The largest absolute Gasteiger partial charge is 0.507 e. The van der Waals surface area contributed by atoms with Crippen molar-refractivity contribution in [3.8, 4) is 79.3 Å². The van der Waals surface area contributed by atoms with E-state index in [1.807, 2.05) is 81.4 Å². The third-order valence-corrected chi connectivity index (χ3v) is 8.10. The number of phenolic OH excluding ortho intramolecular Hbond substituents is 2. The molecule has 4 N–H and O–H groups in total. The van der Waals surface area contributed by atoms with Gasteiger partial charge in [-0.2, -0.15) is 10.2 Å². The third kappa shape index (κ3) is 5.93. The molecule has 47 heavy (non-hydrogen) atoms. The van der Waals surface area contributed by atoms with Crippen molar-refractivity contribution in [1.29, 1.82) is 0 Å². The van der Waals surface area contributed by atoms with Gasteiger partial charge < -0.3 is 29.2 Å². The van der Waals surface area contributed by atoms with Gasteiger partial charge in [0.05, 0.1) is 11.9 Å². The minimum atomic E-state index is 0.214. The number of benzene rings is 4. The number of aromatic nitrogens is 4. The maximum atomic E-state index is 10.3. The Balaban J connectivity index is 0.000000150. The number of aromatic hydroxyl groups is 2. The van der Waals surface area contributed by atoms with Gasteiger partial charge in [0, 0.05) is 27.9 Å². The minimum Gasteiger partial charge on any atom is -0.507 e. The standard InChI is InChI=1S/C19H18N2O3.C18H16N2O3/c1-11-3-5-15(22)14(9-11)19-18(12(2)20-21-19)13-4-6-16-17(10-13)24-8-7-23-16;1-11-2-4-15(21)13(8-11)18-14(10-19-20-18)12-3-5-16-17(9-12)23-7-6-22-16/h3-6,9-10,22H,7-8H2,1-2H3,(H,20,21);2-5,8-10,21H,6-7H2,1H3,(H,19,20). The van der Waals surface area contributed by atoms with Crippen LogP contribution < -0.4 is 18.9 Å². The summed E-state index contributed by atoms with van der Waals surface area (Å²) in [6.45, 7) is 8.18. The smallest absolute Gasteiger partial charge is 0.161 e. The molecule has 0 radical (unpaired) electrons. The molecule has 2 aliphatic rings. The molecule has 2 aromatic heterocycles. The summed E-state index contributed by atoms with van der Waals surface area (Å²) in [5.74, 6) is 3.41. The van der Waals surface area contributed by atoms with E-state index in [4.69, 9.17) is 18.9 Å². The van der Waals surface area contributed by atoms with Crippen LogP contribution in [-0.4, -0.2) is 57.0 Å². The van der Waals surface area contributed by atoms with Crippen LogP contribution in [0.25, 0.3) is 44.8 Å². The number of hydrogen-bond acceptors (Lipinski definition) is 8. The maximum Gasteiger partial charge on any atom is 0.161 e. The second kappa shape index (κ2) is 12.5. The molecule has 10 heteroatoms. The van der Waals surface area contributed by atoms with Crippen molar-refractivity contribution in [1.82, 2.24) is 20.4 Å². The minimum absolute atomic E-state index is 0.214. The van der Waals surface area contributed by atoms with Crippen LogP contribution in [0.3, 0.4) is 0 Å². The number of hydrogen-bond donors (Lipinski definition) is 4. The number of nitrogens with zero attached hydrogens (tertiary/aromatic N) is 2. The lowest BCUT2D eigenvalue weighted by Crippen LogP contribution is -2.15. The highest BCUT2D eigenvalue weighted by Crippen LogP contribution is 2.42. The monoisotopic (exact) mass is 630 g/mol. The van der Waals surface area contributed by atoms with E-state index in [1.54, 1.807) is 18.3 Å². The van der Waals surface area contributed by atoms with E-state index in [0.29, 0.717) is 32.0 Å². The van der Waals surface area contributed by atoms with E-state index >= 15 is 0 Å². The molecule has 0 saturated heterocycles. The molecule has 0 fully saturated rings. The zero-order chi connectivity index (χ0) is 32.5. The molecule has 238 valence electrons. The molecule has 8 rings (SSSR count). The van der Waals surface area contributed by atoms with Crippen LogP contribution in [-0.2, 0) is 0 Å². The number of fused-ring (bicyclic) bond motifs is 2. The van der Waals surface area contributed by atoms with E-state index in [0.717, 1.165) is 79.0 Å². The van der Waals surface area contributed by atoms with Crippen LogP contribution in [0.1, 0.15) is 16.8 Å². The summed E-state index contributed by atoms with van der Waals surface area (Å²) in [4.78, 5) is 0. The summed E-state index contributed by atoms with van der Waals surface area (Å²) in [6.07, 6.45) is 1.75. The molecule has 0 atom stereocenters. The fraction of sp³-hybridized carbons (Fsp3) is 0.189. The fourth-order valence-corrected chi connectivity index (χ4v) is 5.79. The molecule has 2 aliphatic heterocycles. The lowest BCUT2D eigenvalue weighted by molar-refractivity contribution is 0.171. The summed E-state index contributed by atoms with van der Waals surface area (Å²) in [7, 11) is 0. The summed E-state index contributed by atoms with van der Waals surface area (Å²) < 4.78 is 22.5. The number of aryl methyl sites for hydroxylation is 3. The molecular formula is C37H34N4O6. The summed E-state index contributed by atoms with van der Waals surface area (Å²) in [5.41, 5.74) is 9.81. The van der Waals surface area contributed by atoms with Gasteiger partial charge in [0.1, 0.15) is 43.6 Å². The highest BCUT2D eigenvalue weighted by molar-refractivity contribution is 5.86. The number of ether oxygens (including phenoxy) is 4. The van der Waals surface area contributed by atoms with E-state index in [9.17, 15) is 10.2 Å². The first-order valence-corrected chi connectivity index (χ1v) is 15.3. The molecular weight excluding hydrogens is 596 g/mol. The quantitative estimate of drug-likeness (QED) is 0.159. The Bertz CT molecular complexity index is 2080. The van der Waals surface area contributed by atoms with Crippen molar-refractivity contribution in [2.45, 2.75) is 20.8 Å². The molecule has 4 aromatic carbocycles. The number of H-pyrrole nitrogens is 2. The first kappa shape index (κ1) is 29.8. The van der Waals surface area contributed by atoms with Crippen molar-refractivity contribution in [2.75, 3.05) is 26.4 Å². The third-order valence-electron chi connectivity index (χ3n) is 8.10. The predicted octanol–water partition coefficient (Wildman–Crippen LogP) is 7.37. The Morgan fingerprint density at radius 1 is 0.574 bits per heavy atom. The van der Waals surface area contributed by atoms with Crippen LogP contribution >= 0.6 is 0 Å². The van der Waals surface area contributed by atoms with E-state index in [1.165, 1.54) is 0 Å². The number of nitrogens with one attached hydrogen (secondary N) is 2. The van der Waals surface area contributed by atoms with Gasteiger partial charge >= 0.3 is 0 Å². The molecule has 0 unspecified atom stereocenters. The topological polar surface area (TPSA) is 135 Å². The first-order valence-electron chi connectivity index (χ1n) is 15.3. The Morgan fingerprint density at radius 3 is 1.79 bits per heavy atom. The van der Waals surface area contributed by atoms with Crippen LogP contribution in [0.5, 0.6) is 34.5 Å². The average Bonchev–Trinajstić information content (AvgIpc) is 3.74.